The van der Waals surface area contributed by atoms with E-state index in [-0.39, 0.29) is 85.1 Å². The minimum Gasteiger partial charge on any atom is -0.493 e. The number of benzene rings is 2. The Kier molecular flexibility index (Phi) is 14.2. The van der Waals surface area contributed by atoms with Gasteiger partial charge in [0.1, 0.15) is 23.3 Å². The number of thioether (sulfide) groups is 1. The maximum absolute atomic E-state index is 13.5. The van der Waals surface area contributed by atoms with Gasteiger partial charge in [-0.05, 0) is 62.6 Å². The molecule has 58 heavy (non-hydrogen) atoms. The molecular formula is C39H49N7O10S2. The third-order valence-electron chi connectivity index (χ3n) is 10.6. The molecule has 0 bridgehead atoms. The third kappa shape index (κ3) is 10.6. The largest absolute Gasteiger partial charge is 0.493 e. The number of nitrogens with zero attached hydrogens (tertiary/aromatic N) is 2. The number of hydrogen-bond donors (Lipinski definition) is 5. The predicted molar refractivity (Wildman–Crippen MR) is 212 cm³/mol. The lowest BCUT2D eigenvalue weighted by Gasteiger charge is -2.27. The van der Waals surface area contributed by atoms with Crippen LogP contribution in [-0.2, 0) is 34.0 Å². The Morgan fingerprint density at radius 2 is 1.76 bits per heavy atom. The first-order valence-corrected chi connectivity index (χ1v) is 22.4. The topological polar surface area (TPSA) is 229 Å². The summed E-state index contributed by atoms with van der Waals surface area (Å²) in [6, 6.07) is 12.7. The zero-order valence-electron chi connectivity index (χ0n) is 32.2. The van der Waals surface area contributed by atoms with Crippen molar-refractivity contribution in [2.24, 2.45) is 5.92 Å². The molecule has 5 atom stereocenters. The molecule has 7 amide bonds. The molecule has 5 N–H and O–H groups in total. The van der Waals surface area contributed by atoms with Crippen LogP contribution in [0.5, 0.6) is 5.75 Å². The monoisotopic (exact) mass is 839 g/mol. The van der Waals surface area contributed by atoms with E-state index in [4.69, 9.17) is 4.74 Å². The highest BCUT2D eigenvalue weighted by Gasteiger charge is 2.46. The second-order valence-corrected chi connectivity index (χ2v) is 17.9. The van der Waals surface area contributed by atoms with Gasteiger partial charge in [-0.15, -0.1) is 11.8 Å². The summed E-state index contributed by atoms with van der Waals surface area (Å²) in [7, 11) is -3.44. The fraction of sp³-hybridized carbons (Fsp3) is 0.513. The fourth-order valence-corrected chi connectivity index (χ4v) is 9.45. The van der Waals surface area contributed by atoms with Gasteiger partial charge in [-0.1, -0.05) is 36.4 Å². The van der Waals surface area contributed by atoms with E-state index in [1.165, 1.54) is 10.4 Å². The number of hydrogen-bond acceptors (Lipinski definition) is 12. The van der Waals surface area contributed by atoms with Gasteiger partial charge in [-0.3, -0.25) is 49.1 Å². The molecule has 4 aliphatic rings. The molecule has 0 aromatic heterocycles. The molecule has 17 nitrogen and oxygen atoms in total. The highest BCUT2D eigenvalue weighted by molar-refractivity contribution is 8.00. The number of piperidine rings is 1. The van der Waals surface area contributed by atoms with Gasteiger partial charge in [0.2, 0.25) is 39.6 Å². The van der Waals surface area contributed by atoms with Crippen molar-refractivity contribution in [3.8, 4) is 5.75 Å². The normalized spacial score (nSPS) is 22.7. The third-order valence-corrected chi connectivity index (χ3v) is 13.0. The van der Waals surface area contributed by atoms with Crippen molar-refractivity contribution in [2.45, 2.75) is 81.4 Å². The molecule has 19 heteroatoms. The Bertz CT molecular complexity index is 2020. The van der Waals surface area contributed by atoms with Crippen molar-refractivity contribution in [3.05, 3.63) is 65.2 Å². The maximum Gasteiger partial charge on any atom is 0.266 e. The molecule has 0 spiro atoms. The lowest BCUT2D eigenvalue weighted by Crippen LogP contribution is -2.54. The first-order valence-electron chi connectivity index (χ1n) is 19.5. The van der Waals surface area contributed by atoms with Gasteiger partial charge < -0.3 is 20.7 Å². The average molecular weight is 840 g/mol. The molecule has 4 unspecified atom stereocenters. The number of unbranched alkanes of at least 4 members (excludes halogenated alkanes) is 2. The lowest BCUT2D eigenvalue weighted by atomic mass is 10.0. The van der Waals surface area contributed by atoms with Crippen LogP contribution in [0.15, 0.2) is 48.5 Å². The van der Waals surface area contributed by atoms with E-state index >= 15 is 0 Å². The number of imide groups is 2. The van der Waals surface area contributed by atoms with Gasteiger partial charge in [0.05, 0.1) is 29.9 Å². The van der Waals surface area contributed by atoms with Crippen molar-refractivity contribution < 1.29 is 46.7 Å². The number of rotatable bonds is 18. The second-order valence-electron chi connectivity index (χ2n) is 14.8. The quantitative estimate of drug-likeness (QED) is 0.105. The van der Waals surface area contributed by atoms with Gasteiger partial charge in [-0.2, -0.15) is 0 Å². The first-order chi connectivity index (χ1) is 27.8. The molecule has 0 radical (unpaired) electrons. The van der Waals surface area contributed by atoms with Crippen LogP contribution in [0.3, 0.4) is 0 Å². The minimum absolute atomic E-state index is 0.0190. The molecule has 0 aliphatic carbocycles. The van der Waals surface area contributed by atoms with Crippen LogP contribution in [-0.4, -0.2) is 115 Å². The number of amides is 7. The highest BCUT2D eigenvalue weighted by Crippen LogP contribution is 2.34. The summed E-state index contributed by atoms with van der Waals surface area (Å²) in [6.07, 6.45) is 4.12. The Morgan fingerprint density at radius 1 is 0.966 bits per heavy atom. The van der Waals surface area contributed by atoms with E-state index in [0.29, 0.717) is 45.1 Å². The summed E-state index contributed by atoms with van der Waals surface area (Å²) in [5.74, 6) is -2.92. The molecule has 4 aliphatic heterocycles. The van der Waals surface area contributed by atoms with Crippen molar-refractivity contribution in [1.82, 2.24) is 35.8 Å². The van der Waals surface area contributed by atoms with E-state index in [0.717, 1.165) is 22.5 Å². The summed E-state index contributed by atoms with van der Waals surface area (Å²) in [4.78, 5) is 90.5. The van der Waals surface area contributed by atoms with Gasteiger partial charge in [0, 0.05) is 44.3 Å². The van der Waals surface area contributed by atoms with E-state index in [2.05, 4.69) is 26.6 Å². The van der Waals surface area contributed by atoms with Crippen molar-refractivity contribution in [3.63, 3.8) is 0 Å². The molecule has 2 aromatic carbocycles. The smallest absolute Gasteiger partial charge is 0.266 e. The lowest BCUT2D eigenvalue weighted by molar-refractivity contribution is -0.136. The molecule has 2 aromatic rings. The summed E-state index contributed by atoms with van der Waals surface area (Å²) >= 11 is 1.56. The SMILES string of the molecule is CS(=O)(=O)N1CCC(C(=O)N[C@@H](CCCCNC(=O)CCCCOc2cccc3c2C(=O)N(C2CCC(=O)NC2=O)C3=O)C(=O)NC2NC(c3ccccc3)CS2)C1. The number of nitrogens with one attached hydrogen (secondary N) is 5. The standard InChI is InChI=1S/C39H49N7O10S2/c1-58(54,55)45-20-18-25(22-45)34(49)41-27(35(50)44-39-42-28(23-57-39)24-10-3-2-4-11-24)13-5-7-19-40-31(47)15-6-8-21-56-30-14-9-12-26-33(30)38(53)46(37(26)52)29-16-17-32(48)43-36(29)51/h2-4,9-12,14,25,27-29,39,42H,5-8,13,15-23H2,1H3,(H,40,47)(H,41,49)(H,44,50)(H,43,48,51)/t25?,27-,28?,29?,39?/m0/s1. The molecule has 4 heterocycles. The zero-order chi connectivity index (χ0) is 41.4. The van der Waals surface area contributed by atoms with Crippen LogP contribution >= 0.6 is 11.8 Å². The van der Waals surface area contributed by atoms with Crippen LogP contribution < -0.4 is 31.3 Å². The average Bonchev–Trinajstić information content (AvgIpc) is 3.94. The van der Waals surface area contributed by atoms with Crippen molar-refractivity contribution in [2.75, 3.05) is 38.2 Å². The number of ether oxygens (including phenoxy) is 1. The van der Waals surface area contributed by atoms with E-state index in [9.17, 15) is 42.0 Å². The second kappa shape index (κ2) is 19.3. The van der Waals surface area contributed by atoms with E-state index in [1.807, 2.05) is 30.3 Å². The van der Waals surface area contributed by atoms with Crippen LogP contribution in [0.2, 0.25) is 0 Å². The Hall–Kier alpha value is -4.85. The summed E-state index contributed by atoms with van der Waals surface area (Å²) in [5, 5.41) is 14.3. The molecule has 6 rings (SSSR count). The first kappa shape index (κ1) is 42.7. The molecule has 0 saturated carbocycles. The van der Waals surface area contributed by atoms with E-state index in [1.54, 1.807) is 23.9 Å². The molecule has 312 valence electrons. The van der Waals surface area contributed by atoms with Crippen LogP contribution in [0.25, 0.3) is 0 Å². The Morgan fingerprint density at radius 3 is 2.50 bits per heavy atom. The van der Waals surface area contributed by atoms with Gasteiger partial charge in [0.25, 0.3) is 11.8 Å². The van der Waals surface area contributed by atoms with E-state index < -0.39 is 51.7 Å². The van der Waals surface area contributed by atoms with Gasteiger partial charge in [-0.25, -0.2) is 12.7 Å². The van der Waals surface area contributed by atoms with Gasteiger partial charge >= 0.3 is 0 Å². The number of fused-ring (bicyclic) bond motifs is 1. The Balaban J connectivity index is 0.919. The molecule has 3 saturated heterocycles. The Labute approximate surface area is 341 Å². The summed E-state index contributed by atoms with van der Waals surface area (Å²) in [5.41, 5.74) is 0.941. The number of sulfonamides is 1. The zero-order valence-corrected chi connectivity index (χ0v) is 33.8. The highest BCUT2D eigenvalue weighted by atomic mass is 32.2. The maximum atomic E-state index is 13.5. The number of carbonyl (C=O) groups excluding carboxylic acids is 7. The van der Waals surface area contributed by atoms with Crippen molar-refractivity contribution in [1.29, 1.82) is 0 Å². The molecule has 3 fully saturated rings. The van der Waals surface area contributed by atoms with Crippen LogP contribution in [0.4, 0.5) is 0 Å². The molecular weight excluding hydrogens is 791 g/mol. The van der Waals surface area contributed by atoms with Crippen LogP contribution in [0, 0.1) is 5.92 Å². The predicted octanol–water partition coefficient (Wildman–Crippen LogP) is 1.17. The number of carbonyl (C=O) groups is 7. The summed E-state index contributed by atoms with van der Waals surface area (Å²) in [6.45, 7) is 0.844. The van der Waals surface area contributed by atoms with Gasteiger partial charge in [0.15, 0.2) is 0 Å². The summed E-state index contributed by atoms with van der Waals surface area (Å²) < 4.78 is 31.1. The van der Waals surface area contributed by atoms with Crippen molar-refractivity contribution >= 4 is 63.1 Å². The fourth-order valence-electron chi connectivity index (χ4n) is 7.43. The van der Waals surface area contributed by atoms with Crippen LogP contribution in [0.1, 0.15) is 90.1 Å². The minimum atomic E-state index is -3.44.